The normalized spacial score (nSPS) is 21.3. The van der Waals surface area contributed by atoms with Gasteiger partial charge in [0.2, 0.25) is 0 Å². The average Bonchev–Trinajstić information content (AvgIpc) is 2.30. The predicted molar refractivity (Wildman–Crippen MR) is 59.3 cm³/mol. The lowest BCUT2D eigenvalue weighted by molar-refractivity contribution is 0.0262. The standard InChI is InChI=1S/C12H17NO2/c1-9-4-3-5-10(12(9)14-2)11-8-13-6-7-15-11/h3-5,11,13H,6-8H2,1-2H3. The van der Waals surface area contributed by atoms with Gasteiger partial charge in [0.05, 0.1) is 19.8 Å². The van der Waals surface area contributed by atoms with Crippen molar-refractivity contribution in [3.05, 3.63) is 29.3 Å². The molecule has 82 valence electrons. The van der Waals surface area contributed by atoms with Crippen LogP contribution >= 0.6 is 0 Å². The summed E-state index contributed by atoms with van der Waals surface area (Å²) in [6.07, 6.45) is 0.119. The topological polar surface area (TPSA) is 30.5 Å². The van der Waals surface area contributed by atoms with Crippen molar-refractivity contribution < 1.29 is 9.47 Å². The highest BCUT2D eigenvalue weighted by Crippen LogP contribution is 2.30. The zero-order chi connectivity index (χ0) is 10.7. The van der Waals surface area contributed by atoms with Crippen LogP contribution in [0.4, 0.5) is 0 Å². The fourth-order valence-corrected chi connectivity index (χ4v) is 1.97. The van der Waals surface area contributed by atoms with Gasteiger partial charge in [-0.2, -0.15) is 0 Å². The van der Waals surface area contributed by atoms with Crippen molar-refractivity contribution in [2.24, 2.45) is 0 Å². The van der Waals surface area contributed by atoms with Gasteiger partial charge >= 0.3 is 0 Å². The highest BCUT2D eigenvalue weighted by atomic mass is 16.5. The molecule has 3 heteroatoms. The number of hydrogen-bond acceptors (Lipinski definition) is 3. The molecule has 2 rings (SSSR count). The molecule has 0 radical (unpaired) electrons. The van der Waals surface area contributed by atoms with E-state index in [1.807, 2.05) is 6.07 Å². The third-order valence-electron chi connectivity index (χ3n) is 2.72. The molecule has 1 saturated heterocycles. The first-order chi connectivity index (χ1) is 7.33. The maximum Gasteiger partial charge on any atom is 0.127 e. The molecule has 0 aromatic heterocycles. The Morgan fingerprint density at radius 1 is 1.47 bits per heavy atom. The van der Waals surface area contributed by atoms with E-state index in [1.165, 1.54) is 0 Å². The van der Waals surface area contributed by atoms with E-state index in [0.29, 0.717) is 0 Å². The lowest BCUT2D eigenvalue weighted by Crippen LogP contribution is -2.33. The van der Waals surface area contributed by atoms with Crippen molar-refractivity contribution in [3.8, 4) is 5.75 Å². The van der Waals surface area contributed by atoms with Gasteiger partial charge in [0.15, 0.2) is 0 Å². The van der Waals surface area contributed by atoms with Crippen LogP contribution in [0.1, 0.15) is 17.2 Å². The number of aryl methyl sites for hydroxylation is 1. The maximum atomic E-state index is 5.72. The molecule has 1 N–H and O–H groups in total. The molecule has 0 spiro atoms. The van der Waals surface area contributed by atoms with Crippen molar-refractivity contribution in [1.29, 1.82) is 0 Å². The minimum absolute atomic E-state index is 0.119. The third kappa shape index (κ3) is 2.13. The van der Waals surface area contributed by atoms with Crippen LogP contribution in [0.25, 0.3) is 0 Å². The van der Waals surface area contributed by atoms with E-state index in [2.05, 4.69) is 24.4 Å². The van der Waals surface area contributed by atoms with E-state index in [1.54, 1.807) is 7.11 Å². The van der Waals surface area contributed by atoms with Gasteiger partial charge in [-0.1, -0.05) is 18.2 Å². The second-order valence-corrected chi connectivity index (χ2v) is 3.76. The van der Waals surface area contributed by atoms with Crippen LogP contribution in [-0.4, -0.2) is 26.8 Å². The summed E-state index contributed by atoms with van der Waals surface area (Å²) in [7, 11) is 1.71. The van der Waals surface area contributed by atoms with Gasteiger partial charge < -0.3 is 14.8 Å². The Bertz CT molecular complexity index is 332. The second kappa shape index (κ2) is 4.64. The molecule has 15 heavy (non-hydrogen) atoms. The average molecular weight is 207 g/mol. The molecular formula is C12H17NO2. The summed E-state index contributed by atoms with van der Waals surface area (Å²) >= 11 is 0. The van der Waals surface area contributed by atoms with E-state index >= 15 is 0 Å². The fraction of sp³-hybridized carbons (Fsp3) is 0.500. The molecule has 3 nitrogen and oxygen atoms in total. The van der Waals surface area contributed by atoms with E-state index < -0.39 is 0 Å². The molecule has 1 heterocycles. The van der Waals surface area contributed by atoms with Gasteiger partial charge in [0, 0.05) is 18.7 Å². The molecule has 1 aliphatic heterocycles. The molecule has 1 fully saturated rings. The molecule has 0 saturated carbocycles. The molecule has 0 bridgehead atoms. The summed E-state index contributed by atoms with van der Waals surface area (Å²) in [6.45, 7) is 4.62. The Hall–Kier alpha value is -1.06. The summed E-state index contributed by atoms with van der Waals surface area (Å²) in [4.78, 5) is 0. The number of hydrogen-bond donors (Lipinski definition) is 1. The molecule has 1 atom stereocenters. The molecule has 1 aromatic carbocycles. The second-order valence-electron chi connectivity index (χ2n) is 3.76. The summed E-state index contributed by atoms with van der Waals surface area (Å²) in [6, 6.07) is 6.17. The number of ether oxygens (including phenoxy) is 2. The summed E-state index contributed by atoms with van der Waals surface area (Å²) in [5.41, 5.74) is 2.30. The monoisotopic (exact) mass is 207 g/mol. The highest BCUT2D eigenvalue weighted by Gasteiger charge is 2.19. The Labute approximate surface area is 90.4 Å². The quantitative estimate of drug-likeness (QED) is 0.800. The molecule has 1 unspecified atom stereocenters. The summed E-state index contributed by atoms with van der Waals surface area (Å²) < 4.78 is 11.1. The SMILES string of the molecule is COc1c(C)cccc1C1CNCCO1. The smallest absolute Gasteiger partial charge is 0.127 e. The van der Waals surface area contributed by atoms with Crippen LogP contribution in [0, 0.1) is 6.92 Å². The van der Waals surface area contributed by atoms with Gasteiger partial charge in [-0.15, -0.1) is 0 Å². The van der Waals surface area contributed by atoms with Crippen LogP contribution in [0.2, 0.25) is 0 Å². The van der Waals surface area contributed by atoms with Gasteiger partial charge in [-0.3, -0.25) is 0 Å². The number of benzene rings is 1. The number of nitrogens with one attached hydrogen (secondary N) is 1. The minimum atomic E-state index is 0.119. The Morgan fingerprint density at radius 2 is 2.33 bits per heavy atom. The Kier molecular flexibility index (Phi) is 3.23. The van der Waals surface area contributed by atoms with Gasteiger partial charge in [-0.25, -0.2) is 0 Å². The van der Waals surface area contributed by atoms with Crippen molar-refractivity contribution >= 4 is 0 Å². The number of rotatable bonds is 2. The van der Waals surface area contributed by atoms with E-state index in [4.69, 9.17) is 9.47 Å². The van der Waals surface area contributed by atoms with Crippen molar-refractivity contribution in [3.63, 3.8) is 0 Å². The highest BCUT2D eigenvalue weighted by molar-refractivity contribution is 5.42. The molecule has 1 aromatic rings. The van der Waals surface area contributed by atoms with E-state index in [0.717, 1.165) is 36.6 Å². The third-order valence-corrected chi connectivity index (χ3v) is 2.72. The minimum Gasteiger partial charge on any atom is -0.496 e. The van der Waals surface area contributed by atoms with Crippen LogP contribution in [-0.2, 0) is 4.74 Å². The fourth-order valence-electron chi connectivity index (χ4n) is 1.97. The van der Waals surface area contributed by atoms with Crippen molar-refractivity contribution in [2.45, 2.75) is 13.0 Å². The van der Waals surface area contributed by atoms with Crippen molar-refractivity contribution in [1.82, 2.24) is 5.32 Å². The molecular weight excluding hydrogens is 190 g/mol. The van der Waals surface area contributed by atoms with E-state index in [9.17, 15) is 0 Å². The Balaban J connectivity index is 2.29. The molecule has 0 amide bonds. The summed E-state index contributed by atoms with van der Waals surface area (Å²) in [5.74, 6) is 0.950. The van der Waals surface area contributed by atoms with Gasteiger partial charge in [-0.05, 0) is 12.5 Å². The largest absolute Gasteiger partial charge is 0.496 e. The number of para-hydroxylation sites is 1. The van der Waals surface area contributed by atoms with Crippen LogP contribution in [0.5, 0.6) is 5.75 Å². The first kappa shape index (κ1) is 10.5. The van der Waals surface area contributed by atoms with Crippen LogP contribution in [0.15, 0.2) is 18.2 Å². The molecule has 1 aliphatic rings. The lowest BCUT2D eigenvalue weighted by atomic mass is 10.0. The first-order valence-corrected chi connectivity index (χ1v) is 5.28. The lowest BCUT2D eigenvalue weighted by Gasteiger charge is -2.25. The molecule has 0 aliphatic carbocycles. The van der Waals surface area contributed by atoms with Crippen LogP contribution < -0.4 is 10.1 Å². The zero-order valence-electron chi connectivity index (χ0n) is 9.25. The maximum absolute atomic E-state index is 5.72. The van der Waals surface area contributed by atoms with Gasteiger partial charge in [0.25, 0.3) is 0 Å². The first-order valence-electron chi connectivity index (χ1n) is 5.28. The number of methoxy groups -OCH3 is 1. The van der Waals surface area contributed by atoms with Gasteiger partial charge in [0.1, 0.15) is 5.75 Å². The van der Waals surface area contributed by atoms with E-state index in [-0.39, 0.29) is 6.10 Å². The zero-order valence-corrected chi connectivity index (χ0v) is 9.25. The number of morpholine rings is 1. The Morgan fingerprint density at radius 3 is 3.00 bits per heavy atom. The van der Waals surface area contributed by atoms with Crippen molar-refractivity contribution in [2.75, 3.05) is 26.8 Å². The predicted octanol–water partition coefficient (Wildman–Crippen LogP) is 1.66. The summed E-state index contributed by atoms with van der Waals surface area (Å²) in [5, 5.41) is 3.32. The van der Waals surface area contributed by atoms with Crippen LogP contribution in [0.3, 0.4) is 0 Å².